The minimum Gasteiger partial charge on any atom is -0.463 e. The predicted octanol–water partition coefficient (Wildman–Crippen LogP) is 5.89. The Morgan fingerprint density at radius 2 is 1.78 bits per heavy atom. The molecule has 0 aliphatic carbocycles. The molecule has 3 aromatic carbocycles. The Morgan fingerprint density at radius 1 is 1.08 bits per heavy atom. The number of sulfonamides is 1. The van der Waals surface area contributed by atoms with E-state index >= 15 is 0 Å². The fourth-order valence-corrected chi connectivity index (χ4v) is 6.36. The molecule has 8 heteroatoms. The number of esters is 1. The predicted molar refractivity (Wildman–Crippen MR) is 138 cm³/mol. The Hall–Kier alpha value is -3.44. The van der Waals surface area contributed by atoms with Gasteiger partial charge >= 0.3 is 5.97 Å². The number of carbonyl (C=O) groups excluding carboxylic acids is 1. The Kier molecular flexibility index (Phi) is 7.60. The van der Waals surface area contributed by atoms with Gasteiger partial charge in [-0.1, -0.05) is 59.6 Å². The molecule has 0 fully saturated rings. The van der Waals surface area contributed by atoms with Crippen LogP contribution in [0.5, 0.6) is 0 Å². The Labute approximate surface area is 216 Å². The molecular formula is C28H25ClN2O4S. The monoisotopic (exact) mass is 520 g/mol. The third kappa shape index (κ3) is 5.07. The quantitative estimate of drug-likeness (QED) is 0.378. The van der Waals surface area contributed by atoms with Gasteiger partial charge in [-0.2, -0.15) is 9.57 Å². The van der Waals surface area contributed by atoms with Gasteiger partial charge in [-0.3, -0.25) is 0 Å². The molecule has 4 rings (SSSR count). The van der Waals surface area contributed by atoms with E-state index in [0.717, 1.165) is 5.56 Å². The van der Waals surface area contributed by atoms with Crippen molar-refractivity contribution in [2.75, 3.05) is 6.61 Å². The van der Waals surface area contributed by atoms with E-state index in [1.54, 1.807) is 79.7 Å². The SMILES string of the molecule is CCOC(=O)C1=CC[C@@H](c2cccc(Cl)c2)N(S(=O)(=O)c2ccc(C)cc2)[C@H]1c1ccc(C#N)cc1. The largest absolute Gasteiger partial charge is 0.463 e. The van der Waals surface area contributed by atoms with Crippen molar-refractivity contribution in [3.05, 3.63) is 112 Å². The number of aryl methyl sites for hydroxylation is 1. The van der Waals surface area contributed by atoms with Crippen LogP contribution < -0.4 is 0 Å². The van der Waals surface area contributed by atoms with E-state index in [9.17, 15) is 18.5 Å². The van der Waals surface area contributed by atoms with E-state index in [4.69, 9.17) is 16.3 Å². The van der Waals surface area contributed by atoms with Gasteiger partial charge in [0.25, 0.3) is 0 Å². The highest BCUT2D eigenvalue weighted by molar-refractivity contribution is 7.89. The lowest BCUT2D eigenvalue weighted by Crippen LogP contribution is -2.42. The van der Waals surface area contributed by atoms with Gasteiger partial charge in [0, 0.05) is 5.02 Å². The number of nitriles is 1. The van der Waals surface area contributed by atoms with Crippen LogP contribution in [0.25, 0.3) is 0 Å². The lowest BCUT2D eigenvalue weighted by atomic mass is 9.89. The fraction of sp³-hybridized carbons (Fsp3) is 0.214. The van der Waals surface area contributed by atoms with Gasteiger partial charge in [0.05, 0.1) is 40.8 Å². The highest BCUT2D eigenvalue weighted by Crippen LogP contribution is 2.46. The third-order valence-electron chi connectivity index (χ3n) is 6.11. The van der Waals surface area contributed by atoms with Crippen LogP contribution in [-0.4, -0.2) is 25.3 Å². The third-order valence-corrected chi connectivity index (χ3v) is 8.24. The molecule has 0 N–H and O–H groups in total. The summed E-state index contributed by atoms with van der Waals surface area (Å²) in [6, 6.07) is 20.7. The molecule has 0 aromatic heterocycles. The molecule has 0 amide bonds. The molecule has 0 spiro atoms. The van der Waals surface area contributed by atoms with Gasteiger partial charge in [-0.15, -0.1) is 0 Å². The second-order valence-corrected chi connectivity index (χ2v) is 10.8. The second-order valence-electron chi connectivity index (χ2n) is 8.47. The zero-order chi connectivity index (χ0) is 25.9. The van der Waals surface area contributed by atoms with Crippen molar-refractivity contribution >= 4 is 27.6 Å². The number of ether oxygens (including phenoxy) is 1. The summed E-state index contributed by atoms with van der Waals surface area (Å²) < 4.78 is 35.2. The molecule has 0 radical (unpaired) electrons. The number of rotatable bonds is 6. The number of halogens is 1. The second kappa shape index (κ2) is 10.7. The maximum Gasteiger partial charge on any atom is 0.335 e. The summed E-state index contributed by atoms with van der Waals surface area (Å²) in [6.07, 6.45) is 2.00. The van der Waals surface area contributed by atoms with Crippen molar-refractivity contribution in [3.63, 3.8) is 0 Å². The van der Waals surface area contributed by atoms with Gasteiger partial charge in [-0.05, 0) is 67.8 Å². The molecule has 1 aliphatic rings. The van der Waals surface area contributed by atoms with Crippen molar-refractivity contribution in [2.24, 2.45) is 0 Å². The minimum atomic E-state index is -4.11. The zero-order valence-electron chi connectivity index (χ0n) is 19.9. The Balaban J connectivity index is 1.97. The van der Waals surface area contributed by atoms with Gasteiger partial charge in [0.1, 0.15) is 0 Å². The maximum atomic E-state index is 14.3. The number of nitrogens with zero attached hydrogens (tertiary/aromatic N) is 2. The van der Waals surface area contributed by atoms with E-state index in [1.807, 2.05) is 13.0 Å². The first kappa shape index (κ1) is 25.6. The van der Waals surface area contributed by atoms with Crippen LogP contribution in [0.4, 0.5) is 0 Å². The average Bonchev–Trinajstić information content (AvgIpc) is 2.88. The van der Waals surface area contributed by atoms with Crippen LogP contribution >= 0.6 is 11.6 Å². The van der Waals surface area contributed by atoms with Crippen LogP contribution in [0.2, 0.25) is 5.02 Å². The minimum absolute atomic E-state index is 0.115. The lowest BCUT2D eigenvalue weighted by molar-refractivity contribution is -0.139. The number of hydrogen-bond acceptors (Lipinski definition) is 5. The molecule has 0 unspecified atom stereocenters. The van der Waals surface area contributed by atoms with Gasteiger partial charge in [0.15, 0.2) is 0 Å². The lowest BCUT2D eigenvalue weighted by Gasteiger charge is -2.41. The molecule has 184 valence electrons. The van der Waals surface area contributed by atoms with Crippen molar-refractivity contribution in [3.8, 4) is 6.07 Å². The van der Waals surface area contributed by atoms with E-state index < -0.39 is 28.1 Å². The standard InChI is InChI=1S/C28H25ClN2O4S/c1-3-35-28(32)25-15-16-26(22-5-4-6-23(29)17-22)31(27(25)21-11-9-20(18-30)10-12-21)36(33,34)24-13-7-19(2)8-14-24/h4-15,17,26-27H,3,16H2,1-2H3/t26-,27-/m0/s1. The fourth-order valence-electron chi connectivity index (χ4n) is 4.38. The zero-order valence-corrected chi connectivity index (χ0v) is 21.5. The summed E-state index contributed by atoms with van der Waals surface area (Å²) >= 11 is 6.28. The molecule has 0 saturated carbocycles. The van der Waals surface area contributed by atoms with Crippen LogP contribution in [-0.2, 0) is 19.6 Å². The van der Waals surface area contributed by atoms with Gasteiger partial charge in [0.2, 0.25) is 10.0 Å². The van der Waals surface area contributed by atoms with E-state index in [2.05, 4.69) is 6.07 Å². The molecule has 1 heterocycles. The molecule has 2 atom stereocenters. The summed E-state index contributed by atoms with van der Waals surface area (Å²) in [7, 11) is -4.11. The summed E-state index contributed by atoms with van der Waals surface area (Å²) in [5.41, 5.74) is 2.84. The highest BCUT2D eigenvalue weighted by atomic mass is 35.5. The molecule has 36 heavy (non-hydrogen) atoms. The van der Waals surface area contributed by atoms with Crippen molar-refractivity contribution < 1.29 is 17.9 Å². The first-order valence-electron chi connectivity index (χ1n) is 11.5. The highest BCUT2D eigenvalue weighted by Gasteiger charge is 2.45. The van der Waals surface area contributed by atoms with Crippen LogP contribution in [0.15, 0.2) is 89.3 Å². The van der Waals surface area contributed by atoms with Crippen molar-refractivity contribution in [2.45, 2.75) is 37.2 Å². The Bertz CT molecular complexity index is 1440. The van der Waals surface area contributed by atoms with Crippen molar-refractivity contribution in [1.29, 1.82) is 5.26 Å². The number of benzene rings is 3. The van der Waals surface area contributed by atoms with Gasteiger partial charge in [-0.25, -0.2) is 13.2 Å². The maximum absolute atomic E-state index is 14.3. The summed E-state index contributed by atoms with van der Waals surface area (Å²) in [5.74, 6) is -0.583. The molecule has 1 aliphatic heterocycles. The molecule has 0 bridgehead atoms. The Morgan fingerprint density at radius 3 is 2.39 bits per heavy atom. The first-order valence-corrected chi connectivity index (χ1v) is 13.3. The summed E-state index contributed by atoms with van der Waals surface area (Å²) in [5, 5.41) is 9.75. The molecular weight excluding hydrogens is 496 g/mol. The summed E-state index contributed by atoms with van der Waals surface area (Å²) in [4.78, 5) is 13.2. The van der Waals surface area contributed by atoms with Crippen LogP contribution in [0.1, 0.15) is 47.7 Å². The number of carbonyl (C=O) groups is 1. The van der Waals surface area contributed by atoms with E-state index in [1.165, 1.54) is 4.31 Å². The van der Waals surface area contributed by atoms with Crippen LogP contribution in [0, 0.1) is 18.3 Å². The van der Waals surface area contributed by atoms with Crippen LogP contribution in [0.3, 0.4) is 0 Å². The molecule has 0 saturated heterocycles. The topological polar surface area (TPSA) is 87.5 Å². The normalized spacial score (nSPS) is 18.2. The summed E-state index contributed by atoms with van der Waals surface area (Å²) in [6.45, 7) is 3.74. The van der Waals surface area contributed by atoms with Gasteiger partial charge < -0.3 is 4.74 Å². The van der Waals surface area contributed by atoms with Crippen molar-refractivity contribution in [1.82, 2.24) is 4.31 Å². The molecule has 3 aromatic rings. The number of hydrogen-bond donors (Lipinski definition) is 0. The molecule has 6 nitrogen and oxygen atoms in total. The first-order chi connectivity index (χ1) is 17.3. The van der Waals surface area contributed by atoms with E-state index in [-0.39, 0.29) is 23.5 Å². The average molecular weight is 521 g/mol. The van der Waals surface area contributed by atoms with E-state index in [0.29, 0.717) is 21.7 Å². The smallest absolute Gasteiger partial charge is 0.335 e.